The molecule has 0 radical (unpaired) electrons. The fourth-order valence-corrected chi connectivity index (χ4v) is 5.34. The zero-order chi connectivity index (χ0) is 20.3. The van der Waals surface area contributed by atoms with Crippen molar-refractivity contribution in [3.63, 3.8) is 0 Å². The number of piperidine rings is 1. The third-order valence-corrected chi connectivity index (χ3v) is 6.76. The monoisotopic (exact) mass is 423 g/mol. The van der Waals surface area contributed by atoms with Gasteiger partial charge in [-0.25, -0.2) is 4.98 Å². The zero-order valence-corrected chi connectivity index (χ0v) is 19.0. The average Bonchev–Trinajstić information content (AvgIpc) is 3.06. The van der Waals surface area contributed by atoms with Gasteiger partial charge in [0.15, 0.2) is 16.6 Å². The van der Waals surface area contributed by atoms with Crippen molar-refractivity contribution in [2.24, 2.45) is 16.4 Å². The quantitative estimate of drug-likeness (QED) is 0.587. The van der Waals surface area contributed by atoms with E-state index in [4.69, 9.17) is 26.9 Å². The van der Waals surface area contributed by atoms with Crippen molar-refractivity contribution in [3.8, 4) is 5.75 Å². The third kappa shape index (κ3) is 5.15. The van der Waals surface area contributed by atoms with E-state index in [-0.39, 0.29) is 0 Å². The number of fused-ring (bicyclic) bond motifs is 1. The highest BCUT2D eigenvalue weighted by molar-refractivity contribution is 7.22. The number of benzene rings is 1. The number of hydrogen-bond acceptors (Lipinski definition) is 5. The van der Waals surface area contributed by atoms with Gasteiger partial charge in [0, 0.05) is 19.2 Å². The van der Waals surface area contributed by atoms with E-state index in [0.717, 1.165) is 41.3 Å². The largest absolute Gasteiger partial charge is 0.491 e. The Morgan fingerprint density at radius 2 is 2.04 bits per heavy atom. The fourth-order valence-electron chi connectivity index (χ4n) is 3.95. The van der Waals surface area contributed by atoms with Crippen LogP contribution in [0, 0.1) is 11.3 Å². The SMILES string of the molecule is CC(CCOc1cc2nc(N3CCCCC3)sc2c(Cl)c1N=[NH2+])CC(C)(C)C. The first kappa shape index (κ1) is 21.3. The molecule has 1 aromatic heterocycles. The number of nitrogens with two attached hydrogens (primary N) is 1. The Balaban J connectivity index is 1.77. The number of thiazole rings is 1. The first-order valence-electron chi connectivity index (χ1n) is 10.2. The van der Waals surface area contributed by atoms with Gasteiger partial charge in [0.05, 0.1) is 21.8 Å². The Hall–Kier alpha value is -1.40. The number of nitrogens with zero attached hydrogens (tertiary/aromatic N) is 3. The summed E-state index contributed by atoms with van der Waals surface area (Å²) in [5, 5.41) is 5.47. The van der Waals surface area contributed by atoms with E-state index in [0.29, 0.717) is 34.4 Å². The maximum Gasteiger partial charge on any atom is 0.191 e. The van der Waals surface area contributed by atoms with E-state index in [1.54, 1.807) is 11.3 Å². The average molecular weight is 424 g/mol. The smallest absolute Gasteiger partial charge is 0.191 e. The summed E-state index contributed by atoms with van der Waals surface area (Å²) >= 11 is 8.24. The minimum Gasteiger partial charge on any atom is -0.491 e. The van der Waals surface area contributed by atoms with Crippen molar-refractivity contribution in [2.75, 3.05) is 24.6 Å². The molecule has 0 amide bonds. The molecule has 3 rings (SSSR count). The first-order valence-corrected chi connectivity index (χ1v) is 11.4. The van der Waals surface area contributed by atoms with Crippen LogP contribution in [-0.4, -0.2) is 24.7 Å². The molecule has 1 saturated heterocycles. The number of aromatic nitrogens is 1. The molecule has 0 spiro atoms. The third-order valence-electron chi connectivity index (χ3n) is 5.14. The van der Waals surface area contributed by atoms with E-state index in [1.807, 2.05) is 6.07 Å². The Morgan fingerprint density at radius 3 is 2.68 bits per heavy atom. The maximum absolute atomic E-state index is 6.63. The highest BCUT2D eigenvalue weighted by Crippen LogP contribution is 2.45. The predicted octanol–water partition coefficient (Wildman–Crippen LogP) is 5.62. The molecule has 28 heavy (non-hydrogen) atoms. The number of hydrogen-bond donors (Lipinski definition) is 1. The Kier molecular flexibility index (Phi) is 6.81. The van der Waals surface area contributed by atoms with Crippen LogP contribution in [0.4, 0.5) is 10.8 Å². The molecule has 0 aliphatic carbocycles. The molecule has 2 heterocycles. The predicted molar refractivity (Wildman–Crippen MR) is 118 cm³/mol. The van der Waals surface area contributed by atoms with Crippen LogP contribution >= 0.6 is 22.9 Å². The highest BCUT2D eigenvalue weighted by atomic mass is 35.5. The molecule has 5 nitrogen and oxygen atoms in total. The summed E-state index contributed by atoms with van der Waals surface area (Å²) in [7, 11) is 0. The summed E-state index contributed by atoms with van der Waals surface area (Å²) in [5.41, 5.74) is 7.35. The lowest BCUT2D eigenvalue weighted by atomic mass is 9.84. The number of ether oxygens (including phenoxy) is 1. The standard InChI is InChI=1S/C21H31ClN4OS/c1-14(13-21(2,3)4)8-11-27-16-12-15-19(17(22)18(16)25-23)28-20(24-15)26-9-6-5-7-10-26/h12,14,23H,5-11,13H2,1-4H3/p+1. The molecule has 1 atom stereocenters. The molecule has 0 bridgehead atoms. The first-order chi connectivity index (χ1) is 13.3. The molecule has 7 heteroatoms. The molecule has 2 aromatic rings. The van der Waals surface area contributed by atoms with Gasteiger partial charge in [-0.05, 0) is 48.6 Å². The van der Waals surface area contributed by atoms with Crippen molar-refractivity contribution < 1.29 is 10.3 Å². The van der Waals surface area contributed by atoms with Crippen LogP contribution in [0.1, 0.15) is 59.8 Å². The lowest BCUT2D eigenvalue weighted by Gasteiger charge is -2.25. The second-order valence-corrected chi connectivity index (χ2v) is 10.4. The van der Waals surface area contributed by atoms with Crippen molar-refractivity contribution in [3.05, 3.63) is 11.1 Å². The van der Waals surface area contributed by atoms with Gasteiger partial charge in [-0.3, -0.25) is 0 Å². The molecule has 0 saturated carbocycles. The Bertz CT molecular complexity index is 824. The molecular formula is C21H32ClN4OS+. The van der Waals surface area contributed by atoms with Crippen molar-refractivity contribution in [2.45, 2.75) is 59.8 Å². The van der Waals surface area contributed by atoms with E-state index >= 15 is 0 Å². The minimum absolute atomic E-state index is 0.324. The summed E-state index contributed by atoms with van der Waals surface area (Å²) in [5.74, 6) is 1.21. The number of anilines is 1. The van der Waals surface area contributed by atoms with Crippen molar-refractivity contribution in [1.82, 2.24) is 4.98 Å². The maximum atomic E-state index is 6.63. The van der Waals surface area contributed by atoms with Gasteiger partial charge in [-0.15, -0.1) is 0 Å². The highest BCUT2D eigenvalue weighted by Gasteiger charge is 2.22. The molecule has 154 valence electrons. The van der Waals surface area contributed by atoms with Gasteiger partial charge in [0.1, 0.15) is 0 Å². The van der Waals surface area contributed by atoms with E-state index in [9.17, 15) is 0 Å². The fraction of sp³-hybridized carbons (Fsp3) is 0.667. The Morgan fingerprint density at radius 1 is 1.32 bits per heavy atom. The second kappa shape index (κ2) is 8.95. The van der Waals surface area contributed by atoms with E-state index < -0.39 is 0 Å². The summed E-state index contributed by atoms with van der Waals surface area (Å²) < 4.78 is 6.98. The summed E-state index contributed by atoms with van der Waals surface area (Å²) in [6.07, 6.45) is 5.87. The summed E-state index contributed by atoms with van der Waals surface area (Å²) in [6, 6.07) is 1.94. The molecule has 1 unspecified atom stereocenters. The lowest BCUT2D eigenvalue weighted by molar-refractivity contribution is -0.210. The number of halogens is 1. The van der Waals surface area contributed by atoms with Crippen LogP contribution in [0.5, 0.6) is 5.75 Å². The molecule has 1 aliphatic rings. The Labute approximate surface area is 176 Å². The zero-order valence-electron chi connectivity index (χ0n) is 17.4. The van der Waals surface area contributed by atoms with Gasteiger partial charge in [-0.2, -0.15) is 5.53 Å². The van der Waals surface area contributed by atoms with Crippen LogP contribution in [0.2, 0.25) is 5.02 Å². The molecule has 1 fully saturated rings. The van der Waals surface area contributed by atoms with E-state index in [1.165, 1.54) is 19.3 Å². The van der Waals surface area contributed by atoms with Crippen LogP contribution in [0.3, 0.4) is 0 Å². The van der Waals surface area contributed by atoms with E-state index in [2.05, 4.69) is 37.7 Å². The molecule has 2 N–H and O–H groups in total. The van der Waals surface area contributed by atoms with Crippen LogP contribution in [0.15, 0.2) is 11.2 Å². The van der Waals surface area contributed by atoms with Gasteiger partial charge >= 0.3 is 0 Å². The van der Waals surface area contributed by atoms with Gasteiger partial charge in [0.25, 0.3) is 0 Å². The van der Waals surface area contributed by atoms with Crippen LogP contribution < -0.4 is 15.2 Å². The summed E-state index contributed by atoms with van der Waals surface area (Å²) in [4.78, 5) is 7.17. The minimum atomic E-state index is 0.324. The summed E-state index contributed by atoms with van der Waals surface area (Å²) in [6.45, 7) is 11.8. The lowest BCUT2D eigenvalue weighted by Crippen LogP contribution is -2.29. The van der Waals surface area contributed by atoms with Crippen molar-refractivity contribution >= 4 is 44.0 Å². The van der Waals surface area contributed by atoms with Gasteiger partial charge in [-0.1, -0.05) is 50.6 Å². The topological polar surface area (TPSA) is 63.3 Å². The number of rotatable bonds is 7. The second-order valence-electron chi connectivity index (χ2n) is 9.07. The van der Waals surface area contributed by atoms with Crippen LogP contribution in [0.25, 0.3) is 10.2 Å². The van der Waals surface area contributed by atoms with Gasteiger partial charge in [0.2, 0.25) is 0 Å². The van der Waals surface area contributed by atoms with Crippen LogP contribution in [-0.2, 0) is 0 Å². The van der Waals surface area contributed by atoms with Crippen molar-refractivity contribution in [1.29, 1.82) is 0 Å². The van der Waals surface area contributed by atoms with Gasteiger partial charge < -0.3 is 9.64 Å². The molecular weight excluding hydrogens is 392 g/mol. The molecule has 1 aliphatic heterocycles. The normalized spacial score (nSPS) is 16.4. The molecule has 1 aromatic carbocycles.